The van der Waals surface area contributed by atoms with Crippen molar-refractivity contribution in [1.82, 2.24) is 14.9 Å². The molecule has 0 spiro atoms. The second-order valence-electron chi connectivity index (χ2n) is 7.59. The number of aromatic nitrogens is 2. The summed E-state index contributed by atoms with van der Waals surface area (Å²) in [6, 6.07) is 18.0. The lowest BCUT2D eigenvalue weighted by Gasteiger charge is -2.12. The molecule has 9 nitrogen and oxygen atoms in total. The summed E-state index contributed by atoms with van der Waals surface area (Å²) in [6.07, 6.45) is 1.50. The number of anilines is 1. The largest absolute Gasteiger partial charge is 0.494 e. The Morgan fingerprint density at radius 2 is 1.97 bits per heavy atom. The number of nitrogens with zero attached hydrogens (tertiary/aromatic N) is 2. The number of imide groups is 1. The topological polar surface area (TPSA) is 118 Å². The molecule has 1 fully saturated rings. The fourth-order valence-electron chi connectivity index (χ4n) is 3.45. The lowest BCUT2D eigenvalue weighted by Crippen LogP contribution is -2.36. The molecule has 0 unspecified atom stereocenters. The molecule has 3 amide bonds. The van der Waals surface area contributed by atoms with E-state index in [-0.39, 0.29) is 11.4 Å². The zero-order valence-corrected chi connectivity index (χ0v) is 20.7. The van der Waals surface area contributed by atoms with Gasteiger partial charge in [-0.3, -0.25) is 19.3 Å². The van der Waals surface area contributed by atoms with Crippen molar-refractivity contribution in [2.45, 2.75) is 17.2 Å². The van der Waals surface area contributed by atoms with Gasteiger partial charge in [-0.25, -0.2) is 4.98 Å². The minimum Gasteiger partial charge on any atom is -0.494 e. The number of carbonyl (C=O) groups is 3. The summed E-state index contributed by atoms with van der Waals surface area (Å²) in [4.78, 5) is 46.4. The number of benzene rings is 2. The fourth-order valence-corrected chi connectivity index (χ4v) is 5.04. The van der Waals surface area contributed by atoms with Crippen LogP contribution >= 0.6 is 23.5 Å². The van der Waals surface area contributed by atoms with Gasteiger partial charge in [0, 0.05) is 11.8 Å². The first-order valence-electron chi connectivity index (χ1n) is 11.0. The fraction of sp³-hybridized carbons (Fsp3) is 0.120. The Morgan fingerprint density at radius 3 is 2.75 bits per heavy atom. The van der Waals surface area contributed by atoms with Gasteiger partial charge in [-0.1, -0.05) is 12.1 Å². The first-order chi connectivity index (χ1) is 17.5. The highest BCUT2D eigenvalue weighted by Crippen LogP contribution is 2.34. The van der Waals surface area contributed by atoms with Crippen molar-refractivity contribution < 1.29 is 23.5 Å². The molecule has 2 N–H and O–H groups in total. The van der Waals surface area contributed by atoms with Gasteiger partial charge in [0.05, 0.1) is 22.5 Å². The Kier molecular flexibility index (Phi) is 6.83. The molecular formula is C25H20N4O5S2. The predicted octanol–water partition coefficient (Wildman–Crippen LogP) is 5.38. The number of thioether (sulfide) groups is 1. The van der Waals surface area contributed by atoms with Crippen molar-refractivity contribution in [1.29, 1.82) is 0 Å². The number of imidazole rings is 1. The molecule has 4 aromatic rings. The number of hydrogen-bond donors (Lipinski definition) is 2. The number of amides is 3. The van der Waals surface area contributed by atoms with Gasteiger partial charge in [0.25, 0.3) is 11.1 Å². The monoisotopic (exact) mass is 520 g/mol. The highest BCUT2D eigenvalue weighted by atomic mass is 32.2. The van der Waals surface area contributed by atoms with E-state index in [0.717, 1.165) is 27.7 Å². The molecule has 2 aromatic carbocycles. The van der Waals surface area contributed by atoms with Crippen molar-refractivity contribution in [3.63, 3.8) is 0 Å². The highest BCUT2D eigenvalue weighted by molar-refractivity contribution is 8.18. The van der Waals surface area contributed by atoms with Crippen LogP contribution in [-0.2, 0) is 9.59 Å². The van der Waals surface area contributed by atoms with Crippen molar-refractivity contribution in [3.05, 3.63) is 71.3 Å². The van der Waals surface area contributed by atoms with Crippen molar-refractivity contribution >= 4 is 63.4 Å². The Balaban J connectivity index is 1.21. The van der Waals surface area contributed by atoms with Crippen molar-refractivity contribution in [2.24, 2.45) is 0 Å². The van der Waals surface area contributed by atoms with Gasteiger partial charge in [-0.15, -0.1) is 0 Å². The highest BCUT2D eigenvalue weighted by Gasteiger charge is 2.36. The van der Waals surface area contributed by atoms with Gasteiger partial charge in [0.15, 0.2) is 10.2 Å². The van der Waals surface area contributed by atoms with Gasteiger partial charge in [0.1, 0.15) is 18.1 Å². The molecule has 1 aliphatic heterocycles. The van der Waals surface area contributed by atoms with E-state index >= 15 is 0 Å². The number of rotatable bonds is 8. The van der Waals surface area contributed by atoms with Crippen LogP contribution in [0.1, 0.15) is 12.7 Å². The Labute approximate surface area is 214 Å². The van der Waals surface area contributed by atoms with E-state index in [1.54, 1.807) is 36.4 Å². The summed E-state index contributed by atoms with van der Waals surface area (Å²) in [5.41, 5.74) is 2.31. The molecule has 0 radical (unpaired) electrons. The van der Waals surface area contributed by atoms with Crippen LogP contribution in [-0.4, -0.2) is 45.1 Å². The molecule has 3 heterocycles. The molecule has 182 valence electrons. The number of para-hydroxylation sites is 2. The molecule has 0 bridgehead atoms. The maximum absolute atomic E-state index is 12.8. The normalized spacial score (nSPS) is 14.7. The Morgan fingerprint density at radius 1 is 1.17 bits per heavy atom. The summed E-state index contributed by atoms with van der Waals surface area (Å²) >= 11 is 2.08. The SMILES string of the molecule is CCOc1ccc(NC(=O)CN2C(=O)S/C(=C/c3ccc(Sc4nc5ccccc5[nH]4)o3)C2=O)cc1. The molecule has 11 heteroatoms. The minimum absolute atomic E-state index is 0.184. The predicted molar refractivity (Wildman–Crippen MR) is 138 cm³/mol. The molecule has 0 aliphatic carbocycles. The number of H-pyrrole nitrogens is 1. The summed E-state index contributed by atoms with van der Waals surface area (Å²) in [6.45, 7) is 2.03. The summed E-state index contributed by atoms with van der Waals surface area (Å²) in [5.74, 6) is 0.0709. The summed E-state index contributed by atoms with van der Waals surface area (Å²) in [5, 5.41) is 3.42. The summed E-state index contributed by atoms with van der Waals surface area (Å²) < 4.78 is 11.2. The van der Waals surface area contributed by atoms with Crippen LogP contribution in [0.4, 0.5) is 10.5 Å². The number of nitrogens with one attached hydrogen (secondary N) is 2. The zero-order valence-electron chi connectivity index (χ0n) is 19.0. The standard InChI is InChI=1S/C25H20N4O5S2/c1-2-33-16-9-7-15(8-10-16)26-21(30)14-29-23(31)20(35-25(29)32)13-17-11-12-22(34-17)36-24-27-18-5-3-4-6-19(18)28-24/h3-13H,2,14H2,1H3,(H,26,30)(H,27,28)/b20-13+. The van der Waals surface area contributed by atoms with Crippen LogP contribution in [0, 0.1) is 0 Å². The third-order valence-electron chi connectivity index (χ3n) is 5.06. The van der Waals surface area contributed by atoms with Gasteiger partial charge in [-0.2, -0.15) is 0 Å². The van der Waals surface area contributed by atoms with Gasteiger partial charge < -0.3 is 19.5 Å². The van der Waals surface area contributed by atoms with Crippen LogP contribution in [0.25, 0.3) is 17.1 Å². The van der Waals surface area contributed by atoms with E-state index in [0.29, 0.717) is 34.1 Å². The number of ether oxygens (including phenoxy) is 1. The quantitative estimate of drug-likeness (QED) is 0.297. The average Bonchev–Trinajstić information content (AvgIpc) is 3.55. The van der Waals surface area contributed by atoms with Gasteiger partial charge in [0.2, 0.25) is 5.91 Å². The Bertz CT molecular complexity index is 1440. The van der Waals surface area contributed by atoms with E-state index in [1.165, 1.54) is 17.8 Å². The van der Waals surface area contributed by atoms with Crippen molar-refractivity contribution in [3.8, 4) is 5.75 Å². The smallest absolute Gasteiger partial charge is 0.294 e. The third-order valence-corrected chi connectivity index (χ3v) is 6.78. The molecular weight excluding hydrogens is 500 g/mol. The van der Waals surface area contributed by atoms with Gasteiger partial charge >= 0.3 is 0 Å². The minimum atomic E-state index is -0.547. The van der Waals surface area contributed by atoms with Crippen LogP contribution < -0.4 is 10.1 Å². The number of aromatic amines is 1. The third kappa shape index (κ3) is 5.31. The molecule has 2 aromatic heterocycles. The van der Waals surface area contributed by atoms with Crippen LogP contribution in [0.2, 0.25) is 0 Å². The number of fused-ring (bicyclic) bond motifs is 1. The molecule has 0 saturated carbocycles. The second-order valence-corrected chi connectivity index (χ2v) is 9.58. The molecule has 5 rings (SSSR count). The van der Waals surface area contributed by atoms with E-state index in [4.69, 9.17) is 9.15 Å². The van der Waals surface area contributed by atoms with Crippen LogP contribution in [0.3, 0.4) is 0 Å². The number of hydrogen-bond acceptors (Lipinski definition) is 8. The molecule has 0 atom stereocenters. The van der Waals surface area contributed by atoms with Crippen molar-refractivity contribution in [2.75, 3.05) is 18.5 Å². The zero-order chi connectivity index (χ0) is 25.1. The first-order valence-corrected chi connectivity index (χ1v) is 12.6. The first kappa shape index (κ1) is 23.8. The molecule has 36 heavy (non-hydrogen) atoms. The van der Waals surface area contributed by atoms with Crippen LogP contribution in [0.5, 0.6) is 5.75 Å². The molecule has 1 saturated heterocycles. The van der Waals surface area contributed by atoms with E-state index in [9.17, 15) is 14.4 Å². The van der Waals surface area contributed by atoms with E-state index in [1.807, 2.05) is 31.2 Å². The number of furan rings is 1. The lowest BCUT2D eigenvalue weighted by atomic mass is 10.3. The lowest BCUT2D eigenvalue weighted by molar-refractivity contribution is -0.127. The maximum Gasteiger partial charge on any atom is 0.294 e. The maximum atomic E-state index is 12.8. The second kappa shape index (κ2) is 10.3. The van der Waals surface area contributed by atoms with Crippen LogP contribution in [0.15, 0.2) is 80.2 Å². The number of carbonyl (C=O) groups excluding carboxylic acids is 3. The average molecular weight is 521 g/mol. The van der Waals surface area contributed by atoms with Gasteiger partial charge in [-0.05, 0) is 79.0 Å². The van der Waals surface area contributed by atoms with E-state index in [2.05, 4.69) is 15.3 Å². The Hall–Kier alpha value is -3.96. The molecule has 1 aliphatic rings. The summed E-state index contributed by atoms with van der Waals surface area (Å²) in [7, 11) is 0. The van der Waals surface area contributed by atoms with E-state index < -0.39 is 17.1 Å².